The maximum absolute atomic E-state index is 9.07. The van der Waals surface area contributed by atoms with Crippen LogP contribution in [0.1, 0.15) is 11.1 Å². The van der Waals surface area contributed by atoms with Gasteiger partial charge in [-0.2, -0.15) is 5.26 Å². The first-order chi connectivity index (χ1) is 8.20. The normalized spacial score (nSPS) is 9.71. The van der Waals surface area contributed by atoms with Crippen molar-refractivity contribution < 1.29 is 0 Å². The summed E-state index contributed by atoms with van der Waals surface area (Å²) in [5, 5.41) is 12.4. The second-order valence-electron chi connectivity index (χ2n) is 3.74. The zero-order valence-electron chi connectivity index (χ0n) is 9.37. The smallest absolute Gasteiger partial charge is 0.101 e. The highest BCUT2D eigenvalue weighted by atomic mass is 127. The molecule has 0 aliphatic rings. The highest BCUT2D eigenvalue weighted by Crippen LogP contribution is 2.24. The van der Waals surface area contributed by atoms with Gasteiger partial charge in [-0.25, -0.2) is 0 Å². The molecule has 1 N–H and O–H groups in total. The molecule has 0 atom stereocenters. The second kappa shape index (κ2) is 5.19. The van der Waals surface area contributed by atoms with E-state index in [4.69, 9.17) is 5.26 Å². The number of nitrogens with one attached hydrogen (secondary N) is 1. The molecule has 0 saturated carbocycles. The van der Waals surface area contributed by atoms with Crippen LogP contribution >= 0.6 is 22.6 Å². The van der Waals surface area contributed by atoms with E-state index in [1.54, 1.807) is 0 Å². The maximum atomic E-state index is 9.07. The summed E-state index contributed by atoms with van der Waals surface area (Å²) in [7, 11) is 0. The number of benzene rings is 2. The van der Waals surface area contributed by atoms with Crippen molar-refractivity contribution in [3.63, 3.8) is 0 Å². The minimum Gasteiger partial charge on any atom is -0.354 e. The summed E-state index contributed by atoms with van der Waals surface area (Å²) in [6, 6.07) is 16.0. The first-order valence-electron chi connectivity index (χ1n) is 5.23. The van der Waals surface area contributed by atoms with E-state index >= 15 is 0 Å². The van der Waals surface area contributed by atoms with Crippen molar-refractivity contribution >= 4 is 34.0 Å². The number of hydrogen-bond acceptors (Lipinski definition) is 2. The number of nitriles is 1. The minimum atomic E-state index is 0.670. The van der Waals surface area contributed by atoms with Gasteiger partial charge >= 0.3 is 0 Å². The van der Waals surface area contributed by atoms with Crippen LogP contribution in [0.5, 0.6) is 0 Å². The van der Waals surface area contributed by atoms with Crippen LogP contribution in [0.3, 0.4) is 0 Å². The minimum absolute atomic E-state index is 0.670. The number of para-hydroxylation sites is 1. The predicted octanol–water partition coefficient (Wildman–Crippen LogP) is 4.21. The van der Waals surface area contributed by atoms with Gasteiger partial charge in [-0.15, -0.1) is 0 Å². The Balaban J connectivity index is 2.36. The Labute approximate surface area is 114 Å². The number of halogens is 1. The van der Waals surface area contributed by atoms with Crippen LogP contribution in [-0.2, 0) is 0 Å². The van der Waals surface area contributed by atoms with Gasteiger partial charge < -0.3 is 5.32 Å². The van der Waals surface area contributed by atoms with Gasteiger partial charge in [0.15, 0.2) is 0 Å². The van der Waals surface area contributed by atoms with E-state index < -0.39 is 0 Å². The summed E-state index contributed by atoms with van der Waals surface area (Å²) in [6.07, 6.45) is 0. The quantitative estimate of drug-likeness (QED) is 0.835. The predicted molar refractivity (Wildman–Crippen MR) is 78.3 cm³/mol. The number of rotatable bonds is 2. The molecule has 84 valence electrons. The first kappa shape index (κ1) is 11.9. The van der Waals surface area contributed by atoms with Crippen LogP contribution in [0.25, 0.3) is 0 Å². The number of hydrogen-bond donors (Lipinski definition) is 1. The Hall–Kier alpha value is -1.54. The van der Waals surface area contributed by atoms with Crippen molar-refractivity contribution in [1.29, 1.82) is 5.26 Å². The third-order valence-electron chi connectivity index (χ3n) is 2.51. The van der Waals surface area contributed by atoms with Gasteiger partial charge in [0.05, 0.1) is 11.3 Å². The van der Waals surface area contributed by atoms with Gasteiger partial charge in [0.2, 0.25) is 0 Å². The molecule has 0 aliphatic heterocycles. The lowest BCUT2D eigenvalue weighted by Crippen LogP contribution is -1.96. The molecule has 3 heteroatoms. The van der Waals surface area contributed by atoms with E-state index in [1.807, 2.05) is 49.4 Å². The average Bonchev–Trinajstić information content (AvgIpc) is 2.34. The van der Waals surface area contributed by atoms with E-state index in [0.29, 0.717) is 5.56 Å². The first-order valence-corrected chi connectivity index (χ1v) is 6.31. The molecular formula is C14H11IN2. The molecule has 0 bridgehead atoms. The Kier molecular flexibility index (Phi) is 3.64. The van der Waals surface area contributed by atoms with Gasteiger partial charge in [-0.1, -0.05) is 12.1 Å². The van der Waals surface area contributed by atoms with Crippen LogP contribution < -0.4 is 5.32 Å². The van der Waals surface area contributed by atoms with Crippen molar-refractivity contribution in [3.05, 3.63) is 57.2 Å². The van der Waals surface area contributed by atoms with E-state index in [2.05, 4.69) is 34.0 Å². The molecule has 0 amide bonds. The Morgan fingerprint density at radius 1 is 1.12 bits per heavy atom. The third-order valence-corrected chi connectivity index (χ3v) is 3.23. The molecule has 2 nitrogen and oxygen atoms in total. The van der Waals surface area contributed by atoms with E-state index in [1.165, 1.54) is 3.57 Å². The molecule has 0 fully saturated rings. The molecule has 0 unspecified atom stereocenters. The fraction of sp³-hybridized carbons (Fsp3) is 0.0714. The topological polar surface area (TPSA) is 35.8 Å². The van der Waals surface area contributed by atoms with Crippen molar-refractivity contribution in [3.8, 4) is 6.07 Å². The van der Waals surface area contributed by atoms with Crippen molar-refractivity contribution in [2.45, 2.75) is 6.92 Å². The highest BCUT2D eigenvalue weighted by molar-refractivity contribution is 14.1. The van der Waals surface area contributed by atoms with Crippen LogP contribution in [0.15, 0.2) is 42.5 Å². The van der Waals surface area contributed by atoms with Gasteiger partial charge in [0.25, 0.3) is 0 Å². The fourth-order valence-electron chi connectivity index (χ4n) is 1.60. The van der Waals surface area contributed by atoms with Crippen LogP contribution in [0.4, 0.5) is 11.4 Å². The molecule has 17 heavy (non-hydrogen) atoms. The van der Waals surface area contributed by atoms with Crippen LogP contribution in [-0.4, -0.2) is 0 Å². The lowest BCUT2D eigenvalue weighted by Gasteiger charge is -2.11. The van der Waals surface area contributed by atoms with Crippen LogP contribution in [0, 0.1) is 21.8 Å². The summed E-state index contributed by atoms with van der Waals surface area (Å²) >= 11 is 2.27. The zero-order chi connectivity index (χ0) is 12.3. The third kappa shape index (κ3) is 2.77. The summed E-state index contributed by atoms with van der Waals surface area (Å²) in [5.74, 6) is 0. The molecule has 0 spiro atoms. The van der Waals surface area contributed by atoms with Crippen molar-refractivity contribution in [1.82, 2.24) is 0 Å². The zero-order valence-corrected chi connectivity index (χ0v) is 11.5. The molecule has 0 aliphatic carbocycles. The van der Waals surface area contributed by atoms with E-state index in [0.717, 1.165) is 16.9 Å². The number of anilines is 2. The van der Waals surface area contributed by atoms with Gasteiger partial charge in [0.1, 0.15) is 6.07 Å². The van der Waals surface area contributed by atoms with Crippen molar-refractivity contribution in [2.24, 2.45) is 0 Å². The average molecular weight is 334 g/mol. The van der Waals surface area contributed by atoms with Gasteiger partial charge in [0, 0.05) is 9.26 Å². The molecule has 0 radical (unpaired) electrons. The van der Waals surface area contributed by atoms with Gasteiger partial charge in [-0.3, -0.25) is 0 Å². The summed E-state index contributed by atoms with van der Waals surface area (Å²) < 4.78 is 1.19. The maximum Gasteiger partial charge on any atom is 0.101 e. The Morgan fingerprint density at radius 2 is 1.82 bits per heavy atom. The molecule has 2 rings (SSSR count). The molecule has 0 heterocycles. The lowest BCUT2D eigenvalue weighted by atomic mass is 10.1. The molecule has 0 saturated heterocycles. The standard InChI is InChI=1S/C14H11IN2/c1-10-3-2-4-11(9-16)14(10)17-13-7-5-12(15)6-8-13/h2-8,17H,1H3. The lowest BCUT2D eigenvalue weighted by molar-refractivity contribution is 1.39. The fourth-order valence-corrected chi connectivity index (χ4v) is 1.96. The number of nitrogens with zero attached hydrogens (tertiary/aromatic N) is 1. The largest absolute Gasteiger partial charge is 0.354 e. The summed E-state index contributed by atoms with van der Waals surface area (Å²) in [5.41, 5.74) is 3.62. The summed E-state index contributed by atoms with van der Waals surface area (Å²) in [6.45, 7) is 2.00. The highest BCUT2D eigenvalue weighted by Gasteiger charge is 2.04. The SMILES string of the molecule is Cc1cccc(C#N)c1Nc1ccc(I)cc1. The van der Waals surface area contributed by atoms with E-state index in [-0.39, 0.29) is 0 Å². The molecule has 2 aromatic rings. The molecule has 0 aromatic heterocycles. The Bertz CT molecular complexity index is 568. The van der Waals surface area contributed by atoms with Crippen molar-refractivity contribution in [2.75, 3.05) is 5.32 Å². The van der Waals surface area contributed by atoms with Crippen LogP contribution in [0.2, 0.25) is 0 Å². The second-order valence-corrected chi connectivity index (χ2v) is 4.99. The number of aryl methyl sites for hydroxylation is 1. The molecule has 2 aromatic carbocycles. The molecular weight excluding hydrogens is 323 g/mol. The van der Waals surface area contributed by atoms with Gasteiger partial charge in [-0.05, 0) is 65.4 Å². The Morgan fingerprint density at radius 3 is 2.47 bits per heavy atom. The summed E-state index contributed by atoms with van der Waals surface area (Å²) in [4.78, 5) is 0. The van der Waals surface area contributed by atoms with E-state index in [9.17, 15) is 0 Å². The monoisotopic (exact) mass is 334 g/mol.